The van der Waals surface area contributed by atoms with Gasteiger partial charge in [-0.05, 0) is 38.0 Å². The molecule has 6 nitrogen and oxygen atoms in total. The minimum atomic E-state index is -4.44. The first kappa shape index (κ1) is 21.7. The van der Waals surface area contributed by atoms with Gasteiger partial charge in [0.25, 0.3) is 11.5 Å². The van der Waals surface area contributed by atoms with E-state index in [4.69, 9.17) is 11.5 Å². The summed E-state index contributed by atoms with van der Waals surface area (Å²) in [5, 5.41) is 9.99. The van der Waals surface area contributed by atoms with Crippen LogP contribution in [0.5, 0.6) is 5.75 Å². The molecule has 0 spiro atoms. The maximum absolute atomic E-state index is 13.0. The Labute approximate surface area is 165 Å². The second-order valence-electron chi connectivity index (χ2n) is 6.77. The lowest BCUT2D eigenvalue weighted by Crippen LogP contribution is -2.30. The van der Waals surface area contributed by atoms with Gasteiger partial charge in [0, 0.05) is 17.0 Å². The topological polar surface area (TPSA) is 111 Å². The van der Waals surface area contributed by atoms with Gasteiger partial charge in [-0.3, -0.25) is 14.2 Å². The molecule has 10 heteroatoms. The van der Waals surface area contributed by atoms with Crippen molar-refractivity contribution in [3.8, 4) is 11.4 Å². The first-order chi connectivity index (χ1) is 12.4. The molecule has 5 N–H and O–H groups in total. The van der Waals surface area contributed by atoms with Gasteiger partial charge in [-0.15, -0.1) is 0 Å². The molecule has 1 aromatic carbocycles. The quantitative estimate of drug-likeness (QED) is 0.715. The van der Waals surface area contributed by atoms with Gasteiger partial charge in [0.15, 0.2) is 0 Å². The van der Waals surface area contributed by atoms with Crippen LogP contribution >= 0.6 is 13.5 Å². The number of carbonyl (C=O) groups is 1. The van der Waals surface area contributed by atoms with E-state index in [-0.39, 0.29) is 48.3 Å². The molecule has 1 saturated carbocycles. The van der Waals surface area contributed by atoms with Crippen LogP contribution < -0.4 is 17.0 Å². The first-order valence-corrected chi connectivity index (χ1v) is 8.16. The van der Waals surface area contributed by atoms with Crippen molar-refractivity contribution in [2.45, 2.75) is 32.4 Å². The number of benzene rings is 1. The first-order valence-electron chi connectivity index (χ1n) is 8.16. The highest BCUT2D eigenvalue weighted by Gasteiger charge is 2.57. The zero-order valence-corrected chi connectivity index (χ0v) is 16.1. The molecule has 2 unspecified atom stereocenters. The van der Waals surface area contributed by atoms with Crippen LogP contribution in [0.3, 0.4) is 0 Å². The van der Waals surface area contributed by atoms with Crippen molar-refractivity contribution in [2.24, 2.45) is 11.7 Å². The van der Waals surface area contributed by atoms with Crippen molar-refractivity contribution in [3.05, 3.63) is 50.8 Å². The minimum Gasteiger partial charge on any atom is -0.508 e. The summed E-state index contributed by atoms with van der Waals surface area (Å²) in [5.74, 6) is -4.05. The number of alkyl halides is 3. The number of hydrogen-bond acceptors (Lipinski definition) is 4. The van der Waals surface area contributed by atoms with Crippen molar-refractivity contribution in [1.82, 2.24) is 4.57 Å². The molecule has 28 heavy (non-hydrogen) atoms. The van der Waals surface area contributed by atoms with Gasteiger partial charge < -0.3 is 16.6 Å². The molecule has 0 aliphatic heterocycles. The Hall–Kier alpha value is -2.62. The van der Waals surface area contributed by atoms with E-state index in [0.717, 1.165) is 10.6 Å². The fraction of sp³-hybridized carbons (Fsp3) is 0.333. The second kappa shape index (κ2) is 7.08. The molecule has 2 atom stereocenters. The van der Waals surface area contributed by atoms with Gasteiger partial charge in [0.1, 0.15) is 11.6 Å². The Morgan fingerprint density at radius 2 is 1.89 bits per heavy atom. The highest BCUT2D eigenvalue weighted by atomic mass is 32.1. The number of phenolic OH excluding ortho intramolecular Hbond substituents is 1. The SMILES string of the molecule is Cc1ccc(O)c(C)c1-n1c(N)c(C(N)=O)cc(C2CC2C(F)(F)F)c1=O.S. The van der Waals surface area contributed by atoms with Crippen molar-refractivity contribution in [3.63, 3.8) is 0 Å². The molecule has 1 amide bonds. The van der Waals surface area contributed by atoms with Crippen molar-refractivity contribution < 1.29 is 23.1 Å². The summed E-state index contributed by atoms with van der Waals surface area (Å²) < 4.78 is 39.9. The van der Waals surface area contributed by atoms with Gasteiger partial charge in [-0.1, -0.05) is 6.07 Å². The smallest absolute Gasteiger partial charge is 0.392 e. The van der Waals surface area contributed by atoms with Gasteiger partial charge in [-0.25, -0.2) is 0 Å². The van der Waals surface area contributed by atoms with Gasteiger partial charge in [-0.2, -0.15) is 26.7 Å². The third-order valence-corrected chi connectivity index (χ3v) is 4.97. The summed E-state index contributed by atoms with van der Waals surface area (Å²) in [5.41, 5.74) is 11.2. The molecular formula is C18H20F3N3O3S. The Morgan fingerprint density at radius 1 is 1.29 bits per heavy atom. The monoisotopic (exact) mass is 415 g/mol. The van der Waals surface area contributed by atoms with Crippen LogP contribution in [0.15, 0.2) is 23.0 Å². The Balaban J connectivity index is 0.00000280. The van der Waals surface area contributed by atoms with Crippen molar-refractivity contribution >= 4 is 25.2 Å². The maximum Gasteiger partial charge on any atom is 0.392 e. The van der Waals surface area contributed by atoms with E-state index in [2.05, 4.69) is 0 Å². The number of halogens is 3. The number of rotatable bonds is 3. The average molecular weight is 415 g/mol. The molecule has 0 radical (unpaired) electrons. The molecule has 1 aliphatic rings. The van der Waals surface area contributed by atoms with E-state index < -0.39 is 29.5 Å². The lowest BCUT2D eigenvalue weighted by atomic mass is 10.0. The van der Waals surface area contributed by atoms with E-state index in [0.29, 0.717) is 11.1 Å². The molecular weight excluding hydrogens is 395 g/mol. The van der Waals surface area contributed by atoms with Crippen LogP contribution in [0.25, 0.3) is 5.69 Å². The van der Waals surface area contributed by atoms with Gasteiger partial charge >= 0.3 is 6.18 Å². The number of nitrogen functional groups attached to an aromatic ring is 1. The van der Waals surface area contributed by atoms with Crippen LogP contribution in [0.2, 0.25) is 0 Å². The highest BCUT2D eigenvalue weighted by molar-refractivity contribution is 7.59. The second-order valence-corrected chi connectivity index (χ2v) is 6.77. The number of anilines is 1. The average Bonchev–Trinajstić information content (AvgIpc) is 3.34. The Kier molecular flexibility index (Phi) is 5.48. The molecule has 1 fully saturated rings. The standard InChI is InChI=1S/C18H18F3N3O3.H2S/c1-7-3-4-13(25)8(2)14(7)24-15(22)11(16(23)26)5-10(17(24)27)9-6-12(9)18(19,20)21;/h3-5,9,12,25H,6,22H2,1-2H3,(H2,23,26);1H2. The molecule has 0 bridgehead atoms. The number of phenols is 1. The maximum atomic E-state index is 13.0. The summed E-state index contributed by atoms with van der Waals surface area (Å²) in [7, 11) is 0. The summed E-state index contributed by atoms with van der Waals surface area (Å²) >= 11 is 0. The third kappa shape index (κ3) is 3.44. The van der Waals surface area contributed by atoms with E-state index in [9.17, 15) is 27.9 Å². The fourth-order valence-corrected chi connectivity index (χ4v) is 3.40. The Bertz CT molecular complexity index is 1020. The van der Waals surface area contributed by atoms with Crippen LogP contribution in [0.4, 0.5) is 19.0 Å². The number of nitrogens with two attached hydrogens (primary N) is 2. The minimum absolute atomic E-state index is 0. The number of pyridine rings is 1. The summed E-state index contributed by atoms with van der Waals surface area (Å²) in [6.07, 6.45) is -4.67. The molecule has 1 aromatic heterocycles. The zero-order chi connectivity index (χ0) is 20.3. The number of amides is 1. The van der Waals surface area contributed by atoms with Crippen LogP contribution in [0.1, 0.15) is 39.4 Å². The summed E-state index contributed by atoms with van der Waals surface area (Å²) in [4.78, 5) is 24.8. The van der Waals surface area contributed by atoms with Crippen LogP contribution in [-0.4, -0.2) is 21.8 Å². The van der Waals surface area contributed by atoms with Crippen molar-refractivity contribution in [1.29, 1.82) is 0 Å². The fourth-order valence-electron chi connectivity index (χ4n) is 3.40. The Morgan fingerprint density at radius 3 is 2.39 bits per heavy atom. The van der Waals surface area contributed by atoms with E-state index in [1.165, 1.54) is 19.1 Å². The molecule has 2 aromatic rings. The van der Waals surface area contributed by atoms with Crippen LogP contribution in [0, 0.1) is 19.8 Å². The zero-order valence-electron chi connectivity index (χ0n) is 15.1. The number of aromatic hydroxyl groups is 1. The van der Waals surface area contributed by atoms with E-state index >= 15 is 0 Å². The lowest BCUT2D eigenvalue weighted by Gasteiger charge is -2.19. The number of aryl methyl sites for hydroxylation is 1. The molecule has 0 saturated heterocycles. The van der Waals surface area contributed by atoms with E-state index in [1.807, 2.05) is 0 Å². The molecule has 1 aliphatic carbocycles. The molecule has 1 heterocycles. The third-order valence-electron chi connectivity index (χ3n) is 4.97. The highest BCUT2D eigenvalue weighted by Crippen LogP contribution is 2.55. The van der Waals surface area contributed by atoms with E-state index in [1.54, 1.807) is 6.92 Å². The number of nitrogens with zero attached hydrogens (tertiary/aromatic N) is 1. The normalized spacial score (nSPS) is 18.5. The largest absolute Gasteiger partial charge is 0.508 e. The van der Waals surface area contributed by atoms with Gasteiger partial charge in [0.05, 0.1) is 17.2 Å². The predicted molar refractivity (Wildman–Crippen MR) is 103 cm³/mol. The van der Waals surface area contributed by atoms with Crippen molar-refractivity contribution in [2.75, 3.05) is 5.73 Å². The number of carbonyl (C=O) groups excluding carboxylic acids is 1. The van der Waals surface area contributed by atoms with Gasteiger partial charge in [0.2, 0.25) is 0 Å². The summed E-state index contributed by atoms with van der Waals surface area (Å²) in [6, 6.07) is 4.02. The lowest BCUT2D eigenvalue weighted by molar-refractivity contribution is -0.148. The number of hydrogen-bond donors (Lipinski definition) is 3. The predicted octanol–water partition coefficient (Wildman–Crippen LogP) is 2.62. The molecule has 3 rings (SSSR count). The number of primary amides is 1. The molecule has 152 valence electrons. The van der Waals surface area contributed by atoms with Crippen LogP contribution in [-0.2, 0) is 0 Å². The summed E-state index contributed by atoms with van der Waals surface area (Å²) in [6.45, 7) is 3.19. The number of aromatic nitrogens is 1.